The molecule has 0 spiro atoms. The highest BCUT2D eigenvalue weighted by atomic mass is 16.5. The van der Waals surface area contributed by atoms with Gasteiger partial charge in [0.1, 0.15) is 11.3 Å². The molecule has 4 rings (SSSR count). The first-order valence-electron chi connectivity index (χ1n) is 9.03. The van der Waals surface area contributed by atoms with Gasteiger partial charge in [0.2, 0.25) is 0 Å². The van der Waals surface area contributed by atoms with Crippen molar-refractivity contribution < 1.29 is 9.15 Å². The molecule has 0 atom stereocenters. The first-order chi connectivity index (χ1) is 12.5. The van der Waals surface area contributed by atoms with Gasteiger partial charge in [-0.25, -0.2) is 4.79 Å². The molecule has 2 heterocycles. The Balaban J connectivity index is 1.85. The molecular formula is C22H23NO3. The van der Waals surface area contributed by atoms with Gasteiger partial charge >= 0.3 is 5.63 Å². The van der Waals surface area contributed by atoms with Crippen molar-refractivity contribution in [2.45, 2.75) is 40.7 Å². The second-order valence-electron chi connectivity index (χ2n) is 6.96. The molecule has 0 radical (unpaired) electrons. The van der Waals surface area contributed by atoms with Crippen LogP contribution >= 0.6 is 0 Å². The third-order valence-corrected chi connectivity index (χ3v) is 5.44. The number of fused-ring (bicyclic) bond motifs is 2. The Kier molecular flexibility index (Phi) is 3.98. The summed E-state index contributed by atoms with van der Waals surface area (Å²) >= 11 is 0. The molecular weight excluding hydrogens is 326 g/mol. The highest BCUT2D eigenvalue weighted by Gasteiger charge is 2.24. The van der Waals surface area contributed by atoms with E-state index in [2.05, 4.69) is 42.2 Å². The minimum atomic E-state index is -0.271. The molecule has 26 heavy (non-hydrogen) atoms. The van der Waals surface area contributed by atoms with Crippen LogP contribution in [-0.2, 0) is 13.0 Å². The Morgan fingerprint density at radius 1 is 1.08 bits per heavy atom. The van der Waals surface area contributed by atoms with Crippen LogP contribution in [0.15, 0.2) is 39.5 Å². The molecule has 0 bridgehead atoms. The van der Waals surface area contributed by atoms with E-state index in [0.29, 0.717) is 17.9 Å². The zero-order valence-electron chi connectivity index (χ0n) is 15.7. The molecule has 0 amide bonds. The summed E-state index contributed by atoms with van der Waals surface area (Å²) in [5.74, 6) is 0.842. The average Bonchev–Trinajstić information content (AvgIpc) is 2.67. The standard InChI is InChI=1S/C22H23NO3/c1-5-16-8-6-7-9-19(16)23-11-17-10-18-13(2)14(3)22(24)26-21(18)15(4)20(17)25-12-23/h6-10H,5,11-12H2,1-4H3. The van der Waals surface area contributed by atoms with Crippen molar-refractivity contribution in [2.75, 3.05) is 11.6 Å². The summed E-state index contributed by atoms with van der Waals surface area (Å²) in [4.78, 5) is 14.3. The van der Waals surface area contributed by atoms with Gasteiger partial charge in [-0.1, -0.05) is 25.1 Å². The molecule has 0 unspecified atom stereocenters. The number of nitrogens with zero attached hydrogens (tertiary/aromatic N) is 1. The van der Waals surface area contributed by atoms with E-state index in [-0.39, 0.29) is 5.63 Å². The maximum atomic E-state index is 12.1. The molecule has 0 saturated heterocycles. The van der Waals surface area contributed by atoms with Crippen molar-refractivity contribution in [1.29, 1.82) is 0 Å². The Labute approximate surface area is 153 Å². The number of benzene rings is 2. The number of para-hydroxylation sites is 1. The molecule has 4 nitrogen and oxygen atoms in total. The number of hydrogen-bond donors (Lipinski definition) is 0. The average molecular weight is 349 g/mol. The summed E-state index contributed by atoms with van der Waals surface area (Å²) in [7, 11) is 0. The van der Waals surface area contributed by atoms with E-state index < -0.39 is 0 Å². The number of ether oxygens (including phenoxy) is 1. The lowest BCUT2D eigenvalue weighted by Gasteiger charge is -2.33. The normalized spacial score (nSPS) is 13.6. The van der Waals surface area contributed by atoms with Crippen LogP contribution in [0.2, 0.25) is 0 Å². The van der Waals surface area contributed by atoms with Gasteiger partial charge in [-0.15, -0.1) is 0 Å². The Hall–Kier alpha value is -2.75. The summed E-state index contributed by atoms with van der Waals surface area (Å²) in [6.45, 7) is 9.20. The van der Waals surface area contributed by atoms with Crippen LogP contribution in [0, 0.1) is 20.8 Å². The van der Waals surface area contributed by atoms with Gasteiger partial charge in [-0.3, -0.25) is 0 Å². The number of rotatable bonds is 2. The lowest BCUT2D eigenvalue weighted by molar-refractivity contribution is 0.287. The molecule has 0 saturated carbocycles. The molecule has 3 aromatic rings. The van der Waals surface area contributed by atoms with Crippen LogP contribution in [0.5, 0.6) is 5.75 Å². The van der Waals surface area contributed by atoms with Crippen molar-refractivity contribution in [3.63, 3.8) is 0 Å². The molecule has 0 aliphatic carbocycles. The topological polar surface area (TPSA) is 42.7 Å². The van der Waals surface area contributed by atoms with Crippen LogP contribution in [0.1, 0.15) is 34.7 Å². The first kappa shape index (κ1) is 16.7. The van der Waals surface area contributed by atoms with Gasteiger partial charge in [0, 0.05) is 34.3 Å². The molecule has 2 aromatic carbocycles. The van der Waals surface area contributed by atoms with Gasteiger partial charge in [-0.05, 0) is 50.5 Å². The largest absolute Gasteiger partial charge is 0.472 e. The zero-order valence-corrected chi connectivity index (χ0v) is 15.7. The van der Waals surface area contributed by atoms with Crippen LogP contribution in [-0.4, -0.2) is 6.73 Å². The summed E-state index contributed by atoms with van der Waals surface area (Å²) in [5.41, 5.74) is 6.58. The van der Waals surface area contributed by atoms with E-state index in [1.165, 1.54) is 11.3 Å². The number of aryl methyl sites for hydroxylation is 3. The fraction of sp³-hybridized carbons (Fsp3) is 0.318. The van der Waals surface area contributed by atoms with Crippen LogP contribution in [0.3, 0.4) is 0 Å². The zero-order chi connectivity index (χ0) is 18.4. The third kappa shape index (κ3) is 2.48. The lowest BCUT2D eigenvalue weighted by atomic mass is 9.99. The van der Waals surface area contributed by atoms with E-state index in [4.69, 9.17) is 9.15 Å². The molecule has 1 aliphatic heterocycles. The highest BCUT2D eigenvalue weighted by molar-refractivity contribution is 5.87. The Bertz CT molecular complexity index is 1070. The van der Waals surface area contributed by atoms with E-state index in [0.717, 1.165) is 40.8 Å². The second kappa shape index (κ2) is 6.20. The predicted molar refractivity (Wildman–Crippen MR) is 104 cm³/mol. The maximum absolute atomic E-state index is 12.1. The van der Waals surface area contributed by atoms with Crippen molar-refractivity contribution in [2.24, 2.45) is 0 Å². The van der Waals surface area contributed by atoms with Crippen LogP contribution < -0.4 is 15.3 Å². The first-order valence-corrected chi connectivity index (χ1v) is 9.03. The summed E-state index contributed by atoms with van der Waals surface area (Å²) < 4.78 is 11.7. The van der Waals surface area contributed by atoms with E-state index in [9.17, 15) is 4.79 Å². The Morgan fingerprint density at radius 2 is 1.85 bits per heavy atom. The van der Waals surface area contributed by atoms with Gasteiger partial charge < -0.3 is 14.1 Å². The fourth-order valence-electron chi connectivity index (χ4n) is 3.77. The van der Waals surface area contributed by atoms with Gasteiger partial charge in [-0.2, -0.15) is 0 Å². The third-order valence-electron chi connectivity index (χ3n) is 5.44. The van der Waals surface area contributed by atoms with Crippen molar-refractivity contribution in [3.05, 3.63) is 68.6 Å². The van der Waals surface area contributed by atoms with Crippen molar-refractivity contribution >= 4 is 16.7 Å². The van der Waals surface area contributed by atoms with Crippen LogP contribution in [0.4, 0.5) is 5.69 Å². The minimum absolute atomic E-state index is 0.271. The Morgan fingerprint density at radius 3 is 2.62 bits per heavy atom. The van der Waals surface area contributed by atoms with E-state index in [1.54, 1.807) is 0 Å². The molecule has 0 N–H and O–H groups in total. The number of hydrogen-bond acceptors (Lipinski definition) is 4. The van der Waals surface area contributed by atoms with Crippen molar-refractivity contribution in [1.82, 2.24) is 0 Å². The van der Waals surface area contributed by atoms with E-state index >= 15 is 0 Å². The smallest absolute Gasteiger partial charge is 0.339 e. The van der Waals surface area contributed by atoms with Gasteiger partial charge in [0.05, 0.1) is 0 Å². The fourth-order valence-corrected chi connectivity index (χ4v) is 3.77. The lowest BCUT2D eigenvalue weighted by Crippen LogP contribution is -2.33. The molecule has 1 aromatic heterocycles. The predicted octanol–water partition coefficient (Wildman–Crippen LogP) is 4.64. The van der Waals surface area contributed by atoms with Gasteiger partial charge in [0.25, 0.3) is 0 Å². The minimum Gasteiger partial charge on any atom is -0.472 e. The quantitative estimate of drug-likeness (QED) is 0.632. The van der Waals surface area contributed by atoms with Crippen molar-refractivity contribution in [3.8, 4) is 5.75 Å². The molecule has 0 fully saturated rings. The summed E-state index contributed by atoms with van der Waals surface area (Å²) in [6, 6.07) is 10.6. The molecule has 134 valence electrons. The monoisotopic (exact) mass is 349 g/mol. The summed E-state index contributed by atoms with van der Waals surface area (Å²) in [5, 5.41) is 0.993. The maximum Gasteiger partial charge on any atom is 0.339 e. The van der Waals surface area contributed by atoms with E-state index in [1.807, 2.05) is 20.8 Å². The SMILES string of the molecule is CCc1ccccc1N1COc2c(cc3c(C)c(C)c(=O)oc3c2C)C1. The van der Waals surface area contributed by atoms with Crippen LogP contribution in [0.25, 0.3) is 11.0 Å². The molecule has 1 aliphatic rings. The number of anilines is 1. The highest BCUT2D eigenvalue weighted by Crippen LogP contribution is 2.37. The second-order valence-corrected chi connectivity index (χ2v) is 6.96. The molecule has 4 heteroatoms. The summed E-state index contributed by atoms with van der Waals surface area (Å²) in [6.07, 6.45) is 0.986. The van der Waals surface area contributed by atoms with Gasteiger partial charge in [0.15, 0.2) is 6.73 Å².